The molecule has 1 N–H and O–H groups in total. The normalized spacial score (nSPS) is 34.0. The van der Waals surface area contributed by atoms with Crippen molar-refractivity contribution in [3.63, 3.8) is 0 Å². The van der Waals surface area contributed by atoms with Gasteiger partial charge in [0.05, 0.1) is 7.11 Å². The van der Waals surface area contributed by atoms with Crippen LogP contribution in [0.1, 0.15) is 49.7 Å². The molecule has 0 atom stereocenters. The first-order valence-electron chi connectivity index (χ1n) is 9.24. The molecule has 24 heavy (non-hydrogen) atoms. The maximum absolute atomic E-state index is 11.2. The van der Waals surface area contributed by atoms with E-state index in [1.807, 2.05) is 12.1 Å². The molecule has 1 aromatic rings. The van der Waals surface area contributed by atoms with Gasteiger partial charge in [-0.2, -0.15) is 0 Å². The second-order valence-corrected chi connectivity index (χ2v) is 8.15. The average Bonchev–Trinajstić information content (AvgIpc) is 2.57. The lowest BCUT2D eigenvalue weighted by molar-refractivity contribution is -0.134. The largest absolute Gasteiger partial charge is 0.466 e. The number of esters is 1. The van der Waals surface area contributed by atoms with Crippen LogP contribution in [-0.2, 0) is 16.1 Å². The monoisotopic (exact) mass is 325 g/mol. The predicted molar refractivity (Wildman–Crippen MR) is 95.2 cm³/mol. The van der Waals surface area contributed by atoms with E-state index in [-0.39, 0.29) is 5.97 Å². The zero-order valence-electron chi connectivity index (χ0n) is 14.5. The molecule has 0 aromatic heterocycles. The third-order valence-corrected chi connectivity index (χ3v) is 6.27. The van der Waals surface area contributed by atoms with Crippen molar-refractivity contribution in [2.24, 2.45) is 17.8 Å². The molecule has 5 rings (SSSR count). The molecule has 4 aliphatic rings. The SMILES string of the molecule is COC(=O)C=Cc1cccc(CNC23CC4CC(CC(C4)C2)C3)c1. The van der Waals surface area contributed by atoms with Gasteiger partial charge in [-0.3, -0.25) is 0 Å². The van der Waals surface area contributed by atoms with Crippen LogP contribution in [0, 0.1) is 17.8 Å². The summed E-state index contributed by atoms with van der Waals surface area (Å²) in [5.41, 5.74) is 2.73. The first-order valence-corrected chi connectivity index (χ1v) is 9.24. The van der Waals surface area contributed by atoms with E-state index in [0.29, 0.717) is 5.54 Å². The topological polar surface area (TPSA) is 38.3 Å². The fourth-order valence-electron chi connectivity index (χ4n) is 5.66. The maximum atomic E-state index is 11.2. The summed E-state index contributed by atoms with van der Waals surface area (Å²) >= 11 is 0. The highest BCUT2D eigenvalue weighted by Gasteiger charge is 2.50. The Morgan fingerprint density at radius 1 is 1.21 bits per heavy atom. The molecule has 0 amide bonds. The van der Waals surface area contributed by atoms with Gasteiger partial charge in [0.15, 0.2) is 0 Å². The third-order valence-electron chi connectivity index (χ3n) is 6.27. The van der Waals surface area contributed by atoms with Gasteiger partial charge in [-0.1, -0.05) is 24.3 Å². The maximum Gasteiger partial charge on any atom is 0.330 e. The van der Waals surface area contributed by atoms with E-state index in [1.54, 1.807) is 0 Å². The van der Waals surface area contributed by atoms with E-state index in [9.17, 15) is 4.79 Å². The van der Waals surface area contributed by atoms with Crippen molar-refractivity contribution in [1.82, 2.24) is 5.32 Å². The van der Waals surface area contributed by atoms with Crippen molar-refractivity contribution in [3.05, 3.63) is 41.5 Å². The van der Waals surface area contributed by atoms with E-state index < -0.39 is 0 Å². The Hall–Kier alpha value is -1.61. The van der Waals surface area contributed by atoms with E-state index >= 15 is 0 Å². The zero-order valence-corrected chi connectivity index (χ0v) is 14.5. The van der Waals surface area contributed by atoms with Crippen molar-refractivity contribution in [1.29, 1.82) is 0 Å². The van der Waals surface area contributed by atoms with Gasteiger partial charge >= 0.3 is 5.97 Å². The van der Waals surface area contributed by atoms with Crippen LogP contribution in [-0.4, -0.2) is 18.6 Å². The van der Waals surface area contributed by atoms with Gasteiger partial charge in [0, 0.05) is 18.2 Å². The van der Waals surface area contributed by atoms with Crippen molar-refractivity contribution in [2.45, 2.75) is 50.6 Å². The summed E-state index contributed by atoms with van der Waals surface area (Å²) in [6.07, 6.45) is 11.9. The summed E-state index contributed by atoms with van der Waals surface area (Å²) in [4.78, 5) is 11.2. The van der Waals surface area contributed by atoms with Gasteiger partial charge in [-0.05, 0) is 73.5 Å². The fraction of sp³-hybridized carbons (Fsp3) is 0.571. The van der Waals surface area contributed by atoms with Gasteiger partial charge in [0.2, 0.25) is 0 Å². The van der Waals surface area contributed by atoms with Gasteiger partial charge < -0.3 is 10.1 Å². The Labute approximate surface area is 144 Å². The number of hydrogen-bond acceptors (Lipinski definition) is 3. The minimum absolute atomic E-state index is 0.313. The van der Waals surface area contributed by atoms with Crippen molar-refractivity contribution >= 4 is 12.0 Å². The van der Waals surface area contributed by atoms with Gasteiger partial charge in [-0.15, -0.1) is 0 Å². The fourth-order valence-corrected chi connectivity index (χ4v) is 5.66. The quantitative estimate of drug-likeness (QED) is 0.658. The molecule has 0 spiro atoms. The number of benzene rings is 1. The zero-order chi connectivity index (χ0) is 16.6. The number of rotatable bonds is 5. The summed E-state index contributed by atoms with van der Waals surface area (Å²) in [5, 5.41) is 3.93. The Morgan fingerprint density at radius 2 is 1.88 bits per heavy atom. The number of carbonyl (C=O) groups is 1. The molecule has 4 saturated carbocycles. The van der Waals surface area contributed by atoms with E-state index in [2.05, 4.69) is 28.3 Å². The molecule has 3 heteroatoms. The number of ether oxygens (including phenoxy) is 1. The second-order valence-electron chi connectivity index (χ2n) is 8.15. The minimum atomic E-state index is -0.313. The smallest absolute Gasteiger partial charge is 0.330 e. The van der Waals surface area contributed by atoms with Crippen molar-refractivity contribution < 1.29 is 9.53 Å². The summed E-state index contributed by atoms with van der Waals surface area (Å²) in [5.74, 6) is 2.60. The number of methoxy groups -OCH3 is 1. The number of carbonyl (C=O) groups excluding carboxylic acids is 1. The van der Waals surface area contributed by atoms with Crippen LogP contribution in [0.5, 0.6) is 0 Å². The number of nitrogens with one attached hydrogen (secondary N) is 1. The molecule has 0 saturated heterocycles. The summed E-state index contributed by atoms with van der Waals surface area (Å²) in [6.45, 7) is 0.923. The molecule has 4 fully saturated rings. The third kappa shape index (κ3) is 3.27. The first-order chi connectivity index (χ1) is 11.6. The average molecular weight is 325 g/mol. The van der Waals surface area contributed by atoms with Crippen LogP contribution in [0.2, 0.25) is 0 Å². The molecule has 4 aliphatic carbocycles. The van der Waals surface area contributed by atoms with Gasteiger partial charge in [0.25, 0.3) is 0 Å². The Bertz CT molecular complexity index is 614. The molecule has 128 valence electrons. The van der Waals surface area contributed by atoms with Crippen LogP contribution in [0.3, 0.4) is 0 Å². The Balaban J connectivity index is 1.41. The summed E-state index contributed by atoms with van der Waals surface area (Å²) in [7, 11) is 1.40. The molecule has 3 nitrogen and oxygen atoms in total. The highest BCUT2D eigenvalue weighted by Crippen LogP contribution is 2.55. The molecule has 0 radical (unpaired) electrons. The second kappa shape index (κ2) is 6.36. The van der Waals surface area contributed by atoms with Crippen LogP contribution in [0.15, 0.2) is 30.3 Å². The Kier molecular flexibility index (Phi) is 4.21. The molecular weight excluding hydrogens is 298 g/mol. The standard InChI is InChI=1S/C21H27NO2/c1-24-20(23)6-5-15-3-2-4-16(7-15)14-22-21-11-17-8-18(12-21)10-19(9-17)13-21/h2-7,17-19,22H,8-14H2,1H3. The van der Waals surface area contributed by atoms with Crippen molar-refractivity contribution in [3.8, 4) is 0 Å². The lowest BCUT2D eigenvalue weighted by atomic mass is 9.53. The Morgan fingerprint density at radius 3 is 2.50 bits per heavy atom. The van der Waals surface area contributed by atoms with Gasteiger partial charge in [0.1, 0.15) is 0 Å². The van der Waals surface area contributed by atoms with Crippen LogP contribution in [0.4, 0.5) is 0 Å². The van der Waals surface area contributed by atoms with Crippen molar-refractivity contribution in [2.75, 3.05) is 7.11 Å². The summed E-state index contributed by atoms with van der Waals surface area (Å²) in [6, 6.07) is 8.41. The highest BCUT2D eigenvalue weighted by molar-refractivity contribution is 5.86. The predicted octanol–water partition coefficient (Wildman–Crippen LogP) is 3.93. The lowest BCUT2D eigenvalue weighted by Gasteiger charge is -2.57. The lowest BCUT2D eigenvalue weighted by Crippen LogP contribution is -2.58. The molecular formula is C21H27NO2. The molecule has 0 unspecified atom stereocenters. The van der Waals surface area contributed by atoms with E-state index in [4.69, 9.17) is 0 Å². The molecule has 0 heterocycles. The summed E-state index contributed by atoms with van der Waals surface area (Å²) < 4.78 is 4.65. The van der Waals surface area contributed by atoms with E-state index in [0.717, 1.165) is 29.9 Å². The number of hydrogen-bond donors (Lipinski definition) is 1. The van der Waals surface area contributed by atoms with E-state index in [1.165, 1.54) is 57.3 Å². The van der Waals surface area contributed by atoms with Crippen LogP contribution in [0.25, 0.3) is 6.08 Å². The molecule has 1 aromatic carbocycles. The molecule has 0 aliphatic heterocycles. The van der Waals surface area contributed by atoms with Gasteiger partial charge in [-0.25, -0.2) is 4.79 Å². The minimum Gasteiger partial charge on any atom is -0.466 e. The molecule has 4 bridgehead atoms. The van der Waals surface area contributed by atoms with Crippen LogP contribution >= 0.6 is 0 Å². The highest BCUT2D eigenvalue weighted by atomic mass is 16.5. The first kappa shape index (κ1) is 15.9. The van der Waals surface area contributed by atoms with Crippen LogP contribution < -0.4 is 5.32 Å².